The number of fused-ring (bicyclic) bond motifs is 2. The number of aromatic nitrogens is 4. The van der Waals surface area contributed by atoms with Crippen molar-refractivity contribution < 1.29 is 22.7 Å². The van der Waals surface area contributed by atoms with Gasteiger partial charge in [0.05, 0.1) is 16.3 Å². The molecule has 0 aromatic carbocycles. The Balaban J connectivity index is 1.34. The number of likely N-dealkylation sites (tertiary alicyclic amines) is 1. The fourth-order valence-corrected chi connectivity index (χ4v) is 5.52. The van der Waals surface area contributed by atoms with Crippen LogP contribution in [0, 0.1) is 0 Å². The minimum atomic E-state index is -4.89. The molecule has 0 bridgehead atoms. The Morgan fingerprint density at radius 1 is 1.22 bits per heavy atom. The molecule has 37 heavy (non-hydrogen) atoms. The van der Waals surface area contributed by atoms with Gasteiger partial charge in [0.25, 0.3) is 0 Å². The number of pyridine rings is 2. The van der Waals surface area contributed by atoms with Crippen molar-refractivity contribution in [1.29, 1.82) is 0 Å². The lowest BCUT2D eigenvalue weighted by Gasteiger charge is -2.31. The molecule has 0 aliphatic carbocycles. The molecule has 9 nitrogen and oxygen atoms in total. The van der Waals surface area contributed by atoms with Crippen LogP contribution in [0.2, 0.25) is 5.02 Å². The van der Waals surface area contributed by atoms with Crippen molar-refractivity contribution in [2.45, 2.75) is 50.6 Å². The molecule has 2 aliphatic rings. The number of alkyl halides is 3. The first-order valence-corrected chi connectivity index (χ1v) is 12.0. The van der Waals surface area contributed by atoms with E-state index in [-0.39, 0.29) is 17.3 Å². The Kier molecular flexibility index (Phi) is 5.97. The van der Waals surface area contributed by atoms with Gasteiger partial charge in [0.2, 0.25) is 0 Å². The average Bonchev–Trinajstić information content (AvgIpc) is 3.51. The van der Waals surface area contributed by atoms with E-state index in [1.165, 1.54) is 12.3 Å². The highest BCUT2D eigenvalue weighted by molar-refractivity contribution is 6.31. The Morgan fingerprint density at radius 3 is 2.70 bits per heavy atom. The van der Waals surface area contributed by atoms with Crippen molar-refractivity contribution in [3.8, 4) is 17.0 Å². The van der Waals surface area contributed by atoms with Gasteiger partial charge in [0.15, 0.2) is 11.6 Å². The molecule has 0 radical (unpaired) electrons. The predicted octanol–water partition coefficient (Wildman–Crippen LogP) is 4.47. The summed E-state index contributed by atoms with van der Waals surface area (Å²) in [6, 6.07) is 4.60. The zero-order valence-corrected chi connectivity index (χ0v) is 20.9. The number of hydrogen-bond acceptors (Lipinski definition) is 6. The van der Waals surface area contributed by atoms with Crippen molar-refractivity contribution in [1.82, 2.24) is 30.0 Å². The maximum atomic E-state index is 13.2. The van der Waals surface area contributed by atoms with Crippen LogP contribution in [0.1, 0.15) is 37.9 Å². The van der Waals surface area contributed by atoms with Crippen molar-refractivity contribution >= 4 is 23.4 Å². The summed E-state index contributed by atoms with van der Waals surface area (Å²) < 4.78 is 44.1. The number of ether oxygens (including phenoxy) is 1. The van der Waals surface area contributed by atoms with Crippen LogP contribution in [0.3, 0.4) is 0 Å². The third kappa shape index (κ3) is 4.77. The van der Waals surface area contributed by atoms with E-state index in [0.717, 1.165) is 24.1 Å². The Labute approximate surface area is 215 Å². The summed E-state index contributed by atoms with van der Waals surface area (Å²) in [5, 5.41) is 8.13. The lowest BCUT2D eigenvalue weighted by atomic mass is 9.82. The number of nitrogens with one attached hydrogen (secondary N) is 1. The van der Waals surface area contributed by atoms with Crippen LogP contribution in [-0.4, -0.2) is 50.1 Å². The van der Waals surface area contributed by atoms with Gasteiger partial charge in [0, 0.05) is 54.9 Å². The van der Waals surface area contributed by atoms with Gasteiger partial charge in [-0.05, 0) is 50.5 Å². The number of nitrogens with zero attached hydrogens (tertiary/aromatic N) is 5. The van der Waals surface area contributed by atoms with E-state index >= 15 is 0 Å². The fraction of sp³-hybridized carbons (Fsp3) is 0.417. The summed E-state index contributed by atoms with van der Waals surface area (Å²) in [7, 11) is 0. The molecule has 1 atom stereocenters. The van der Waals surface area contributed by atoms with E-state index < -0.39 is 17.7 Å². The van der Waals surface area contributed by atoms with E-state index in [1.807, 2.05) is 24.6 Å². The van der Waals surface area contributed by atoms with Crippen molar-refractivity contribution in [2.75, 3.05) is 18.8 Å². The predicted molar refractivity (Wildman–Crippen MR) is 130 cm³/mol. The van der Waals surface area contributed by atoms with Gasteiger partial charge in [-0.25, -0.2) is 9.78 Å². The van der Waals surface area contributed by atoms with Gasteiger partial charge in [-0.1, -0.05) is 11.6 Å². The normalized spacial score (nSPS) is 19.4. The monoisotopic (exact) mass is 535 g/mol. The molecule has 13 heteroatoms. The topological polar surface area (TPSA) is 111 Å². The van der Waals surface area contributed by atoms with Crippen molar-refractivity contribution in [3.63, 3.8) is 0 Å². The van der Waals surface area contributed by atoms with Crippen molar-refractivity contribution in [2.24, 2.45) is 0 Å². The molecule has 2 aliphatic heterocycles. The highest BCUT2D eigenvalue weighted by Crippen LogP contribution is 2.44. The number of amides is 2. The molecule has 1 saturated heterocycles. The maximum Gasteiger partial charge on any atom is 0.573 e. The van der Waals surface area contributed by atoms with Crippen LogP contribution in [0.4, 0.5) is 23.8 Å². The first-order valence-electron chi connectivity index (χ1n) is 11.6. The number of carbonyl (C=O) groups excluding carboxylic acids is 1. The molecular weight excluding hydrogens is 511 g/mol. The molecule has 1 spiro atoms. The van der Waals surface area contributed by atoms with E-state index in [1.54, 1.807) is 23.4 Å². The molecule has 3 N–H and O–H groups in total. The second-order valence-electron chi connectivity index (χ2n) is 9.91. The highest BCUT2D eigenvalue weighted by Gasteiger charge is 2.47. The molecule has 196 valence electrons. The third-order valence-electron chi connectivity index (χ3n) is 7.03. The minimum Gasteiger partial charge on any atom is -0.402 e. The van der Waals surface area contributed by atoms with Crippen LogP contribution in [0.5, 0.6) is 5.75 Å². The molecule has 0 saturated carbocycles. The van der Waals surface area contributed by atoms with Crippen LogP contribution in [0.25, 0.3) is 11.3 Å². The zero-order chi connectivity index (χ0) is 26.6. The number of urea groups is 1. The van der Waals surface area contributed by atoms with Gasteiger partial charge < -0.3 is 20.7 Å². The summed E-state index contributed by atoms with van der Waals surface area (Å²) in [4.78, 5) is 22.8. The number of nitrogens with two attached hydrogens (primary N) is 1. The number of halogens is 4. The molecule has 1 unspecified atom stereocenters. The van der Waals surface area contributed by atoms with Crippen LogP contribution < -0.4 is 15.8 Å². The van der Waals surface area contributed by atoms with Crippen LogP contribution in [0.15, 0.2) is 36.8 Å². The molecule has 3 aromatic rings. The summed E-state index contributed by atoms with van der Waals surface area (Å²) in [6.45, 7) is 5.45. The molecule has 2 amide bonds. The number of nitrogen functional groups attached to an aromatic ring is 1. The Hall–Kier alpha value is -3.54. The zero-order valence-electron chi connectivity index (χ0n) is 20.1. The van der Waals surface area contributed by atoms with E-state index in [9.17, 15) is 18.0 Å². The highest BCUT2D eigenvalue weighted by atomic mass is 35.5. The first kappa shape index (κ1) is 25.1. The minimum absolute atomic E-state index is 0.204. The average molecular weight is 536 g/mol. The third-order valence-corrected chi connectivity index (χ3v) is 7.34. The number of carbonyl (C=O) groups is 1. The molecule has 1 fully saturated rings. The summed E-state index contributed by atoms with van der Waals surface area (Å²) in [5.41, 5.74) is 7.07. The summed E-state index contributed by atoms with van der Waals surface area (Å²) >= 11 is 6.30. The molecule has 3 aromatic heterocycles. The smallest absolute Gasteiger partial charge is 0.402 e. The second-order valence-corrected chi connectivity index (χ2v) is 10.3. The van der Waals surface area contributed by atoms with Crippen molar-refractivity contribution in [3.05, 3.63) is 53.1 Å². The van der Waals surface area contributed by atoms with Gasteiger partial charge >= 0.3 is 12.4 Å². The van der Waals surface area contributed by atoms with Gasteiger partial charge in [0.1, 0.15) is 0 Å². The number of hydrogen-bond donors (Lipinski definition) is 2. The fourth-order valence-electron chi connectivity index (χ4n) is 5.16. The largest absolute Gasteiger partial charge is 0.573 e. The van der Waals surface area contributed by atoms with Gasteiger partial charge in [-0.15, -0.1) is 13.2 Å². The number of anilines is 1. The lowest BCUT2D eigenvalue weighted by Crippen LogP contribution is -2.48. The summed E-state index contributed by atoms with van der Waals surface area (Å²) in [5.74, 6) is -0.939. The Morgan fingerprint density at radius 2 is 1.97 bits per heavy atom. The molecule has 5 heterocycles. The van der Waals surface area contributed by atoms with Gasteiger partial charge in [-0.3, -0.25) is 9.67 Å². The molecular formula is C24H25ClF3N7O2. The molecule has 5 rings (SSSR count). The van der Waals surface area contributed by atoms with E-state index in [2.05, 4.69) is 25.1 Å². The van der Waals surface area contributed by atoms with Crippen LogP contribution >= 0.6 is 11.6 Å². The maximum absolute atomic E-state index is 13.2. The SMILES string of the molecule is CC(C)(NC(=O)N1CCC2(CCn3nc(-c4cnc(N)c(OC(F)(F)F)c4)cc32)C1)c1ccncc1Cl. The quantitative estimate of drug-likeness (QED) is 0.510. The van der Waals surface area contributed by atoms with E-state index in [0.29, 0.717) is 35.9 Å². The van der Waals surface area contributed by atoms with E-state index in [4.69, 9.17) is 17.3 Å². The first-order chi connectivity index (χ1) is 17.4. The summed E-state index contributed by atoms with van der Waals surface area (Å²) in [6.07, 6.45) is 1.20. The van der Waals surface area contributed by atoms with Crippen LogP contribution in [-0.2, 0) is 17.5 Å². The number of aryl methyl sites for hydroxylation is 1. The van der Waals surface area contributed by atoms with Gasteiger partial charge in [-0.2, -0.15) is 5.10 Å². The number of rotatable bonds is 4. The second kappa shape index (κ2) is 8.79. The lowest BCUT2D eigenvalue weighted by molar-refractivity contribution is -0.274. The Bertz CT molecular complexity index is 1360. The standard InChI is InChI=1S/C24H25ClF3N7O2/c1-22(2,15-3-6-30-12-16(15)25)32-21(36)34-7-4-23(13-34)5-8-35-19(23)10-17(33-35)14-9-18(20(29)31-11-14)37-24(26,27)28/h3,6,9-12H,4-5,7-8,13H2,1-2H3,(H2,29,31)(H,32,36).